The van der Waals surface area contributed by atoms with Crippen molar-refractivity contribution in [3.63, 3.8) is 0 Å². The molecule has 0 aromatic carbocycles. The third-order valence-corrected chi connectivity index (χ3v) is 2.93. The average molecular weight is 251 g/mol. The summed E-state index contributed by atoms with van der Waals surface area (Å²) < 4.78 is 1.59. The van der Waals surface area contributed by atoms with Crippen LogP contribution in [0.1, 0.15) is 31.0 Å². The van der Waals surface area contributed by atoms with E-state index in [4.69, 9.17) is 0 Å². The van der Waals surface area contributed by atoms with Gasteiger partial charge in [0.1, 0.15) is 0 Å². The van der Waals surface area contributed by atoms with Crippen molar-refractivity contribution >= 4 is 5.91 Å². The molecule has 0 N–H and O–H groups in total. The Kier molecular flexibility index (Phi) is 5.07. The van der Waals surface area contributed by atoms with E-state index < -0.39 is 0 Å². The van der Waals surface area contributed by atoms with E-state index in [1.54, 1.807) is 31.9 Å². The molecule has 5 heteroatoms. The van der Waals surface area contributed by atoms with E-state index >= 15 is 0 Å². The molecule has 0 atom stereocenters. The van der Waals surface area contributed by atoms with Gasteiger partial charge in [-0.15, -0.1) is 0 Å². The first-order valence-corrected chi connectivity index (χ1v) is 6.22. The van der Waals surface area contributed by atoms with Crippen molar-refractivity contribution in [2.24, 2.45) is 0 Å². The smallest absolute Gasteiger partial charge is 0.257 e. The Bertz CT molecular complexity index is 478. The molecule has 0 aliphatic rings. The maximum Gasteiger partial charge on any atom is 0.257 e. The first kappa shape index (κ1) is 14.4. The molecule has 0 bridgehead atoms. The van der Waals surface area contributed by atoms with Crippen molar-refractivity contribution in [2.75, 3.05) is 14.1 Å². The molecule has 1 aromatic heterocycles. The number of aryl methyl sites for hydroxylation is 2. The number of aromatic nitrogens is 2. The van der Waals surface area contributed by atoms with Gasteiger partial charge in [0.25, 0.3) is 5.56 Å². The summed E-state index contributed by atoms with van der Waals surface area (Å²) in [5, 5.41) is 0. The van der Waals surface area contributed by atoms with Crippen molar-refractivity contribution < 1.29 is 4.79 Å². The van der Waals surface area contributed by atoms with Crippen LogP contribution >= 0.6 is 0 Å². The lowest BCUT2D eigenvalue weighted by atomic mass is 10.1. The molecule has 0 unspecified atom stereocenters. The molecule has 0 spiro atoms. The molecule has 0 aliphatic carbocycles. The second kappa shape index (κ2) is 6.33. The molecule has 100 valence electrons. The minimum absolute atomic E-state index is 0.0785. The number of hydrogen-bond acceptors (Lipinski definition) is 3. The van der Waals surface area contributed by atoms with Crippen LogP contribution in [-0.2, 0) is 17.8 Å². The Hall–Kier alpha value is -1.65. The van der Waals surface area contributed by atoms with Gasteiger partial charge in [0.05, 0.1) is 12.7 Å². The first-order valence-electron chi connectivity index (χ1n) is 6.22. The van der Waals surface area contributed by atoms with Gasteiger partial charge in [0.2, 0.25) is 5.91 Å². The fourth-order valence-corrected chi connectivity index (χ4v) is 1.62. The van der Waals surface area contributed by atoms with Gasteiger partial charge in [-0.25, -0.2) is 4.98 Å². The van der Waals surface area contributed by atoms with Crippen LogP contribution in [0, 0.1) is 6.92 Å². The normalized spacial score (nSPS) is 10.4. The Morgan fingerprint density at radius 3 is 2.67 bits per heavy atom. The van der Waals surface area contributed by atoms with Crippen LogP contribution in [0.3, 0.4) is 0 Å². The molecule has 1 aromatic rings. The zero-order valence-electron chi connectivity index (χ0n) is 11.6. The van der Waals surface area contributed by atoms with Crippen LogP contribution in [0.2, 0.25) is 0 Å². The predicted molar refractivity (Wildman–Crippen MR) is 70.5 cm³/mol. The van der Waals surface area contributed by atoms with Crippen LogP contribution in [0.5, 0.6) is 0 Å². The van der Waals surface area contributed by atoms with E-state index in [0.29, 0.717) is 17.8 Å². The fourth-order valence-electron chi connectivity index (χ4n) is 1.62. The van der Waals surface area contributed by atoms with Crippen LogP contribution in [0.4, 0.5) is 0 Å². The van der Waals surface area contributed by atoms with E-state index in [1.807, 2.05) is 0 Å². The number of likely N-dealkylation sites (N-methyl/N-ethyl adjacent to an activating group) is 1. The molecule has 1 amide bonds. The summed E-state index contributed by atoms with van der Waals surface area (Å²) in [6.45, 7) is 4.50. The zero-order valence-corrected chi connectivity index (χ0v) is 11.6. The second-order valence-electron chi connectivity index (χ2n) is 4.63. The summed E-state index contributed by atoms with van der Waals surface area (Å²) in [5.41, 5.74) is 1.06. The summed E-state index contributed by atoms with van der Waals surface area (Å²) in [7, 11) is 3.37. The molecular formula is C13H21N3O2. The molecule has 1 rings (SSSR count). The number of carbonyl (C=O) groups excluding carboxylic acids is 1. The molecule has 1 heterocycles. The third-order valence-electron chi connectivity index (χ3n) is 2.93. The Morgan fingerprint density at radius 1 is 1.44 bits per heavy atom. The zero-order chi connectivity index (χ0) is 13.7. The topological polar surface area (TPSA) is 55.2 Å². The van der Waals surface area contributed by atoms with Gasteiger partial charge in [0, 0.05) is 31.9 Å². The monoisotopic (exact) mass is 251 g/mol. The fraction of sp³-hybridized carbons (Fsp3) is 0.615. The lowest BCUT2D eigenvalue weighted by Crippen LogP contribution is -2.31. The molecule has 5 nitrogen and oxygen atoms in total. The first-order chi connectivity index (χ1) is 8.47. The number of unbranched alkanes of at least 4 members (excludes halogenated alkanes) is 1. The molecular weight excluding hydrogens is 230 g/mol. The van der Waals surface area contributed by atoms with E-state index in [9.17, 15) is 9.59 Å². The number of amides is 1. The Balaban J connectivity index is 3.03. The van der Waals surface area contributed by atoms with Gasteiger partial charge in [-0.1, -0.05) is 13.3 Å². The third kappa shape index (κ3) is 3.42. The molecule has 0 radical (unpaired) electrons. The van der Waals surface area contributed by atoms with Crippen molar-refractivity contribution in [3.05, 3.63) is 27.9 Å². The highest BCUT2D eigenvalue weighted by atomic mass is 16.2. The largest absolute Gasteiger partial charge is 0.349 e. The van der Waals surface area contributed by atoms with Crippen molar-refractivity contribution in [1.82, 2.24) is 14.5 Å². The molecule has 0 saturated heterocycles. The quantitative estimate of drug-likeness (QED) is 0.784. The van der Waals surface area contributed by atoms with Gasteiger partial charge in [-0.05, 0) is 13.3 Å². The highest BCUT2D eigenvalue weighted by Gasteiger charge is 2.14. The van der Waals surface area contributed by atoms with Gasteiger partial charge in [0.15, 0.2) is 0 Å². The lowest BCUT2D eigenvalue weighted by molar-refractivity contribution is -0.128. The van der Waals surface area contributed by atoms with Crippen LogP contribution in [-0.4, -0.2) is 34.5 Å². The van der Waals surface area contributed by atoms with E-state index in [2.05, 4.69) is 11.9 Å². The maximum absolute atomic E-state index is 12.2. The van der Waals surface area contributed by atoms with E-state index in [-0.39, 0.29) is 17.9 Å². The van der Waals surface area contributed by atoms with Crippen LogP contribution < -0.4 is 5.56 Å². The standard InChI is InChI=1S/C13H21N3O2/c1-5-6-7-16-9-14-10(2)11(13(16)18)8-12(17)15(3)4/h9H,5-8H2,1-4H3. The minimum atomic E-state index is -0.0915. The van der Waals surface area contributed by atoms with Crippen molar-refractivity contribution in [3.8, 4) is 0 Å². The van der Waals surface area contributed by atoms with Crippen molar-refractivity contribution in [1.29, 1.82) is 0 Å². The maximum atomic E-state index is 12.2. The van der Waals surface area contributed by atoms with Crippen LogP contribution in [0.15, 0.2) is 11.1 Å². The summed E-state index contributed by atoms with van der Waals surface area (Å²) in [6, 6.07) is 0. The lowest BCUT2D eigenvalue weighted by Gasteiger charge is -2.12. The number of rotatable bonds is 5. The number of carbonyl (C=O) groups is 1. The van der Waals surface area contributed by atoms with E-state index in [0.717, 1.165) is 12.8 Å². The van der Waals surface area contributed by atoms with Gasteiger partial charge in [-0.3, -0.25) is 14.2 Å². The van der Waals surface area contributed by atoms with Crippen LogP contribution in [0.25, 0.3) is 0 Å². The summed E-state index contributed by atoms with van der Waals surface area (Å²) in [5.74, 6) is -0.0785. The van der Waals surface area contributed by atoms with Gasteiger partial charge >= 0.3 is 0 Å². The average Bonchev–Trinajstić information content (AvgIpc) is 2.33. The summed E-state index contributed by atoms with van der Waals surface area (Å²) >= 11 is 0. The Labute approximate surface area is 107 Å². The molecule has 18 heavy (non-hydrogen) atoms. The highest BCUT2D eigenvalue weighted by Crippen LogP contribution is 2.02. The predicted octanol–water partition coefficient (Wildman–Crippen LogP) is 0.983. The second-order valence-corrected chi connectivity index (χ2v) is 4.63. The summed E-state index contributed by atoms with van der Waals surface area (Å²) in [6.07, 6.45) is 3.65. The Morgan fingerprint density at radius 2 is 2.11 bits per heavy atom. The SMILES string of the molecule is CCCCn1cnc(C)c(CC(=O)N(C)C)c1=O. The number of hydrogen-bond donors (Lipinski definition) is 0. The van der Waals surface area contributed by atoms with Gasteiger partial charge in [-0.2, -0.15) is 0 Å². The van der Waals surface area contributed by atoms with E-state index in [1.165, 1.54) is 4.90 Å². The minimum Gasteiger partial charge on any atom is -0.349 e. The van der Waals surface area contributed by atoms with Gasteiger partial charge < -0.3 is 4.90 Å². The summed E-state index contributed by atoms with van der Waals surface area (Å²) in [4.78, 5) is 29.6. The molecule has 0 saturated carbocycles. The molecule has 0 fully saturated rings. The van der Waals surface area contributed by atoms with Crippen molar-refractivity contribution in [2.45, 2.75) is 39.7 Å². The molecule has 0 aliphatic heterocycles. The highest BCUT2D eigenvalue weighted by molar-refractivity contribution is 5.78. The number of nitrogens with zero attached hydrogens (tertiary/aromatic N) is 3.